The Hall–Kier alpha value is -1.57. The lowest BCUT2D eigenvalue weighted by atomic mass is 10.0. The van der Waals surface area contributed by atoms with E-state index in [2.05, 4.69) is 37.0 Å². The fourth-order valence-electron chi connectivity index (χ4n) is 1.94. The predicted octanol–water partition coefficient (Wildman–Crippen LogP) is 4.55. The first-order valence-electron chi connectivity index (χ1n) is 6.28. The normalized spacial score (nSPS) is 12.8. The van der Waals surface area contributed by atoms with E-state index in [4.69, 9.17) is 0 Å². The zero-order valence-electron chi connectivity index (χ0n) is 10.9. The van der Waals surface area contributed by atoms with Crippen molar-refractivity contribution < 1.29 is 0 Å². The predicted molar refractivity (Wildman–Crippen MR) is 75.8 cm³/mol. The molecule has 1 heterocycles. The van der Waals surface area contributed by atoms with Crippen LogP contribution in [0.2, 0.25) is 0 Å². The van der Waals surface area contributed by atoms with Crippen LogP contribution in [0.3, 0.4) is 0 Å². The van der Waals surface area contributed by atoms with E-state index < -0.39 is 0 Å². The van der Waals surface area contributed by atoms with E-state index in [9.17, 15) is 0 Å². The molecule has 1 atom stereocenters. The van der Waals surface area contributed by atoms with E-state index in [1.807, 2.05) is 12.2 Å². The molecule has 0 aliphatic heterocycles. The van der Waals surface area contributed by atoms with Crippen LogP contribution in [0.5, 0.6) is 0 Å². The number of rotatable bonds is 7. The summed E-state index contributed by atoms with van der Waals surface area (Å²) in [4.78, 5) is 8.00. The van der Waals surface area contributed by atoms with Gasteiger partial charge >= 0.3 is 0 Å². The van der Waals surface area contributed by atoms with Crippen molar-refractivity contribution in [2.24, 2.45) is 0 Å². The van der Waals surface area contributed by atoms with Gasteiger partial charge < -0.3 is 4.98 Å². The number of hydrogen-bond donors (Lipinski definition) is 1. The molecule has 0 aliphatic carbocycles. The number of allylic oxidation sites excluding steroid dienone is 2. The molecule has 0 bridgehead atoms. The second-order valence-electron chi connectivity index (χ2n) is 4.11. The molecule has 1 rings (SSSR count). The average Bonchev–Trinajstić information content (AvgIpc) is 2.76. The summed E-state index contributed by atoms with van der Waals surface area (Å²) in [6.07, 6.45) is 10.9. The maximum Gasteiger partial charge on any atom is 0.110 e. The minimum atomic E-state index is 0.518. The van der Waals surface area contributed by atoms with Crippen LogP contribution in [-0.4, -0.2) is 9.97 Å². The van der Waals surface area contributed by atoms with Gasteiger partial charge in [0.15, 0.2) is 0 Å². The molecule has 0 fully saturated rings. The number of aromatic amines is 1. The molecule has 0 aromatic carbocycles. The van der Waals surface area contributed by atoms with Crippen LogP contribution >= 0.6 is 0 Å². The van der Waals surface area contributed by atoms with Crippen molar-refractivity contribution in [1.29, 1.82) is 0 Å². The summed E-state index contributed by atoms with van der Waals surface area (Å²) >= 11 is 0. The van der Waals surface area contributed by atoms with Crippen molar-refractivity contribution in [2.45, 2.75) is 39.0 Å². The summed E-state index contributed by atoms with van der Waals surface area (Å²) in [5.74, 6) is 1.59. The highest BCUT2D eigenvalue weighted by molar-refractivity contribution is 5.59. The summed E-state index contributed by atoms with van der Waals surface area (Å²) in [6.45, 7) is 11.9. The van der Waals surface area contributed by atoms with Gasteiger partial charge in [0.05, 0.1) is 11.4 Å². The Morgan fingerprint density at radius 3 is 2.65 bits per heavy atom. The van der Waals surface area contributed by atoms with Crippen molar-refractivity contribution in [1.82, 2.24) is 9.97 Å². The van der Waals surface area contributed by atoms with Crippen LogP contribution < -0.4 is 0 Å². The Morgan fingerprint density at radius 1 is 1.35 bits per heavy atom. The van der Waals surface area contributed by atoms with Gasteiger partial charge in [-0.1, -0.05) is 45.6 Å². The molecule has 92 valence electrons. The van der Waals surface area contributed by atoms with Gasteiger partial charge in [-0.05, 0) is 25.0 Å². The minimum absolute atomic E-state index is 0.518. The third-order valence-corrected chi connectivity index (χ3v) is 2.89. The monoisotopic (exact) mass is 230 g/mol. The number of H-pyrrole nitrogens is 1. The fourth-order valence-corrected chi connectivity index (χ4v) is 1.94. The van der Waals surface area contributed by atoms with E-state index in [1.165, 1.54) is 12.8 Å². The first-order chi connectivity index (χ1) is 8.26. The molecule has 0 spiro atoms. The van der Waals surface area contributed by atoms with Crippen molar-refractivity contribution in [3.8, 4) is 0 Å². The van der Waals surface area contributed by atoms with Crippen molar-refractivity contribution in [2.75, 3.05) is 0 Å². The molecule has 1 aromatic rings. The van der Waals surface area contributed by atoms with Crippen LogP contribution in [0.25, 0.3) is 12.2 Å². The number of hydrogen-bond acceptors (Lipinski definition) is 1. The zero-order valence-corrected chi connectivity index (χ0v) is 10.9. The van der Waals surface area contributed by atoms with E-state index in [1.54, 1.807) is 12.2 Å². The molecular weight excluding hydrogens is 208 g/mol. The van der Waals surface area contributed by atoms with Crippen LogP contribution in [0.4, 0.5) is 0 Å². The molecule has 1 aromatic heterocycles. The average molecular weight is 230 g/mol. The second kappa shape index (κ2) is 6.89. The van der Waals surface area contributed by atoms with Crippen LogP contribution in [0.15, 0.2) is 25.3 Å². The maximum absolute atomic E-state index is 4.61. The summed E-state index contributed by atoms with van der Waals surface area (Å²) in [7, 11) is 0. The highest BCUT2D eigenvalue weighted by atomic mass is 14.9. The van der Waals surface area contributed by atoms with Gasteiger partial charge in [-0.3, -0.25) is 0 Å². The van der Waals surface area contributed by atoms with Crippen LogP contribution in [-0.2, 0) is 0 Å². The minimum Gasteiger partial charge on any atom is -0.342 e. The highest BCUT2D eigenvalue weighted by Crippen LogP contribution is 2.24. The number of nitrogens with one attached hydrogen (secondary N) is 1. The fraction of sp³-hybridized carbons (Fsp3) is 0.400. The van der Waals surface area contributed by atoms with Gasteiger partial charge in [0.2, 0.25) is 0 Å². The third kappa shape index (κ3) is 3.45. The summed E-state index contributed by atoms with van der Waals surface area (Å²) in [5.41, 5.74) is 1.94. The van der Waals surface area contributed by atoms with Gasteiger partial charge in [-0.15, -0.1) is 0 Å². The summed E-state index contributed by atoms with van der Waals surface area (Å²) in [6, 6.07) is 0. The van der Waals surface area contributed by atoms with Gasteiger partial charge in [-0.25, -0.2) is 4.98 Å². The van der Waals surface area contributed by atoms with Gasteiger partial charge in [-0.2, -0.15) is 0 Å². The molecule has 2 heteroatoms. The Kier molecular flexibility index (Phi) is 5.47. The highest BCUT2D eigenvalue weighted by Gasteiger charge is 2.14. The Morgan fingerprint density at radius 2 is 2.12 bits per heavy atom. The number of nitrogens with zero attached hydrogens (tertiary/aromatic N) is 1. The SMILES string of the molecule is C=C/C=C\c1[nH]c(C(CC)CCC)nc1C=C. The molecule has 0 radical (unpaired) electrons. The standard InChI is InChI=1S/C15H22N2/c1-5-9-11-14-13(8-4)16-15(17-14)12(7-3)10-6-2/h5,8-9,11-12H,1,4,6-7,10H2,2-3H3,(H,16,17)/b11-9-. The summed E-state index contributed by atoms with van der Waals surface area (Å²) < 4.78 is 0. The molecular formula is C15H22N2. The van der Waals surface area contributed by atoms with Gasteiger partial charge in [0, 0.05) is 5.92 Å². The van der Waals surface area contributed by atoms with Crippen LogP contribution in [0.1, 0.15) is 56.2 Å². The molecule has 0 aliphatic rings. The lowest BCUT2D eigenvalue weighted by Gasteiger charge is -2.09. The number of imidazole rings is 1. The van der Waals surface area contributed by atoms with Crippen molar-refractivity contribution in [3.05, 3.63) is 42.5 Å². The molecule has 0 saturated heterocycles. The molecule has 0 saturated carbocycles. The Balaban J connectivity index is 3.01. The van der Waals surface area contributed by atoms with Gasteiger partial charge in [0.1, 0.15) is 5.82 Å². The summed E-state index contributed by atoms with van der Waals surface area (Å²) in [5, 5.41) is 0. The number of aromatic nitrogens is 2. The molecule has 1 N–H and O–H groups in total. The largest absolute Gasteiger partial charge is 0.342 e. The lowest BCUT2D eigenvalue weighted by molar-refractivity contribution is 0.569. The lowest BCUT2D eigenvalue weighted by Crippen LogP contribution is -1.99. The van der Waals surface area contributed by atoms with E-state index in [-0.39, 0.29) is 0 Å². The molecule has 17 heavy (non-hydrogen) atoms. The first kappa shape index (κ1) is 13.5. The van der Waals surface area contributed by atoms with E-state index in [0.29, 0.717) is 5.92 Å². The second-order valence-corrected chi connectivity index (χ2v) is 4.11. The Bertz CT molecular complexity index is 399. The smallest absolute Gasteiger partial charge is 0.110 e. The molecule has 0 amide bonds. The maximum atomic E-state index is 4.61. The van der Waals surface area contributed by atoms with Crippen molar-refractivity contribution in [3.63, 3.8) is 0 Å². The van der Waals surface area contributed by atoms with E-state index >= 15 is 0 Å². The van der Waals surface area contributed by atoms with Crippen molar-refractivity contribution >= 4 is 12.2 Å². The Labute approximate surface area is 104 Å². The van der Waals surface area contributed by atoms with E-state index in [0.717, 1.165) is 23.6 Å². The third-order valence-electron chi connectivity index (χ3n) is 2.89. The van der Waals surface area contributed by atoms with Crippen LogP contribution in [0, 0.1) is 0 Å². The zero-order chi connectivity index (χ0) is 12.7. The topological polar surface area (TPSA) is 28.7 Å². The molecule has 2 nitrogen and oxygen atoms in total. The quantitative estimate of drug-likeness (QED) is 0.684. The first-order valence-corrected chi connectivity index (χ1v) is 6.28. The van der Waals surface area contributed by atoms with Gasteiger partial charge in [0.25, 0.3) is 0 Å². The molecule has 1 unspecified atom stereocenters.